The summed E-state index contributed by atoms with van der Waals surface area (Å²) >= 11 is 6.17. The molecule has 0 spiro atoms. The van der Waals surface area contributed by atoms with Crippen LogP contribution < -0.4 is 0 Å². The van der Waals surface area contributed by atoms with Crippen molar-refractivity contribution in [3.63, 3.8) is 0 Å². The average molecular weight is 202 g/mol. The van der Waals surface area contributed by atoms with E-state index in [1.807, 2.05) is 0 Å². The lowest BCUT2D eigenvalue weighted by atomic mass is 10.2. The highest BCUT2D eigenvalue weighted by Gasteiger charge is 2.24. The predicted octanol–water partition coefficient (Wildman–Crippen LogP) is 3.02. The number of rotatable bonds is 1. The van der Waals surface area contributed by atoms with Crippen LogP contribution >= 0.6 is 11.6 Å². The minimum absolute atomic E-state index is 0.450. The van der Waals surface area contributed by atoms with Crippen molar-refractivity contribution in [2.24, 2.45) is 0 Å². The van der Waals surface area contributed by atoms with Crippen molar-refractivity contribution < 1.29 is 0 Å². The zero-order valence-corrected chi connectivity index (χ0v) is 9.10. The van der Waals surface area contributed by atoms with E-state index in [1.165, 1.54) is 58.0 Å². The maximum absolute atomic E-state index is 6.17. The lowest BCUT2D eigenvalue weighted by Crippen LogP contribution is -2.34. The molecule has 0 aromatic rings. The van der Waals surface area contributed by atoms with Crippen molar-refractivity contribution in [2.75, 3.05) is 13.1 Å². The topological polar surface area (TPSA) is 3.24 Å². The molecule has 0 aromatic carbocycles. The second-order valence-electron chi connectivity index (χ2n) is 4.50. The molecule has 0 N–H and O–H groups in total. The van der Waals surface area contributed by atoms with Crippen LogP contribution in [0.3, 0.4) is 0 Å². The summed E-state index contributed by atoms with van der Waals surface area (Å²) in [6.45, 7) is 2.55. The maximum Gasteiger partial charge on any atom is 0.0348 e. The molecule has 2 fully saturated rings. The molecule has 2 rings (SSSR count). The molecule has 2 aliphatic rings. The van der Waals surface area contributed by atoms with E-state index in [9.17, 15) is 0 Å². The quantitative estimate of drug-likeness (QED) is 0.590. The van der Waals surface area contributed by atoms with Gasteiger partial charge in [0.2, 0.25) is 0 Å². The Morgan fingerprint density at radius 3 is 2.38 bits per heavy atom. The largest absolute Gasteiger partial charge is 0.300 e. The normalized spacial score (nSPS) is 33.5. The van der Waals surface area contributed by atoms with E-state index in [2.05, 4.69) is 4.90 Å². The van der Waals surface area contributed by atoms with E-state index in [0.717, 1.165) is 6.04 Å². The minimum atomic E-state index is 0.450. The van der Waals surface area contributed by atoms with Crippen molar-refractivity contribution in [3.05, 3.63) is 0 Å². The highest BCUT2D eigenvalue weighted by molar-refractivity contribution is 6.20. The van der Waals surface area contributed by atoms with Gasteiger partial charge >= 0.3 is 0 Å². The molecular formula is C11H20ClN. The lowest BCUT2D eigenvalue weighted by Gasteiger charge is -2.26. The summed E-state index contributed by atoms with van der Waals surface area (Å²) in [6, 6.07) is 0.905. The van der Waals surface area contributed by atoms with Crippen molar-refractivity contribution in [1.82, 2.24) is 4.90 Å². The Hall–Kier alpha value is 0.250. The van der Waals surface area contributed by atoms with E-state index in [-0.39, 0.29) is 0 Å². The summed E-state index contributed by atoms with van der Waals surface area (Å²) in [4.78, 5) is 2.69. The number of hydrogen-bond donors (Lipinski definition) is 0. The summed E-state index contributed by atoms with van der Waals surface area (Å²) in [5, 5.41) is 0.450. The van der Waals surface area contributed by atoms with E-state index < -0.39 is 0 Å². The Morgan fingerprint density at radius 2 is 1.62 bits per heavy atom. The average Bonchev–Trinajstić information content (AvgIpc) is 2.56. The van der Waals surface area contributed by atoms with Gasteiger partial charge in [0.15, 0.2) is 0 Å². The molecule has 2 heteroatoms. The second kappa shape index (κ2) is 4.65. The predicted molar refractivity (Wildman–Crippen MR) is 57.3 cm³/mol. The Balaban J connectivity index is 1.84. The molecule has 1 aliphatic carbocycles. The van der Waals surface area contributed by atoms with Crippen LogP contribution in [0.25, 0.3) is 0 Å². The number of halogens is 1. The SMILES string of the molecule is ClC1CCCN(C2CCCC2)CC1. The monoisotopic (exact) mass is 201 g/mol. The fourth-order valence-electron chi connectivity index (χ4n) is 2.71. The summed E-state index contributed by atoms with van der Waals surface area (Å²) < 4.78 is 0. The minimum Gasteiger partial charge on any atom is -0.300 e. The maximum atomic E-state index is 6.17. The van der Waals surface area contributed by atoms with Crippen molar-refractivity contribution in [1.29, 1.82) is 0 Å². The van der Waals surface area contributed by atoms with E-state index in [4.69, 9.17) is 11.6 Å². The first-order valence-electron chi connectivity index (χ1n) is 5.74. The highest BCUT2D eigenvalue weighted by atomic mass is 35.5. The molecule has 1 saturated heterocycles. The first-order chi connectivity index (χ1) is 6.36. The molecule has 0 aromatic heterocycles. The van der Waals surface area contributed by atoms with Gasteiger partial charge in [0.1, 0.15) is 0 Å². The van der Waals surface area contributed by atoms with Crippen LogP contribution in [0.4, 0.5) is 0 Å². The van der Waals surface area contributed by atoms with Gasteiger partial charge in [-0.05, 0) is 45.2 Å². The van der Waals surface area contributed by atoms with Crippen LogP contribution in [-0.4, -0.2) is 29.4 Å². The van der Waals surface area contributed by atoms with Crippen molar-refractivity contribution >= 4 is 11.6 Å². The molecule has 1 heterocycles. The zero-order chi connectivity index (χ0) is 9.10. The first kappa shape index (κ1) is 9.79. The van der Waals surface area contributed by atoms with Gasteiger partial charge in [-0.1, -0.05) is 12.8 Å². The molecule has 1 nitrogen and oxygen atoms in total. The summed E-state index contributed by atoms with van der Waals surface area (Å²) in [5.41, 5.74) is 0. The third kappa shape index (κ3) is 2.60. The molecule has 1 unspecified atom stereocenters. The highest BCUT2D eigenvalue weighted by Crippen LogP contribution is 2.26. The summed E-state index contributed by atoms with van der Waals surface area (Å²) in [6.07, 6.45) is 9.52. The molecule has 13 heavy (non-hydrogen) atoms. The number of likely N-dealkylation sites (tertiary alicyclic amines) is 1. The van der Waals surface area contributed by atoms with Crippen LogP contribution in [0, 0.1) is 0 Å². The second-order valence-corrected chi connectivity index (χ2v) is 5.12. The van der Waals surface area contributed by atoms with Gasteiger partial charge in [-0.3, -0.25) is 0 Å². The van der Waals surface area contributed by atoms with Gasteiger partial charge in [-0.15, -0.1) is 11.6 Å². The Labute approximate surface area is 86.4 Å². The zero-order valence-electron chi connectivity index (χ0n) is 8.34. The molecule has 1 atom stereocenters. The van der Waals surface area contributed by atoms with Crippen molar-refractivity contribution in [3.8, 4) is 0 Å². The third-order valence-corrected chi connectivity index (χ3v) is 3.97. The van der Waals surface area contributed by atoms with Crippen LogP contribution in [0.1, 0.15) is 44.9 Å². The standard InChI is InChI=1S/C11H20ClN/c12-10-4-3-8-13(9-7-10)11-5-1-2-6-11/h10-11H,1-9H2. The van der Waals surface area contributed by atoms with E-state index in [0.29, 0.717) is 5.38 Å². The fourth-order valence-corrected chi connectivity index (χ4v) is 2.96. The van der Waals surface area contributed by atoms with E-state index >= 15 is 0 Å². The van der Waals surface area contributed by atoms with Crippen LogP contribution in [0.15, 0.2) is 0 Å². The Morgan fingerprint density at radius 1 is 0.846 bits per heavy atom. The van der Waals surface area contributed by atoms with E-state index in [1.54, 1.807) is 0 Å². The van der Waals surface area contributed by atoms with Gasteiger partial charge in [-0.2, -0.15) is 0 Å². The molecule has 0 bridgehead atoms. The third-order valence-electron chi connectivity index (χ3n) is 3.53. The van der Waals surface area contributed by atoms with Crippen molar-refractivity contribution in [2.45, 2.75) is 56.4 Å². The lowest BCUT2D eigenvalue weighted by molar-refractivity contribution is 0.206. The fraction of sp³-hybridized carbons (Fsp3) is 1.00. The van der Waals surface area contributed by atoms with Crippen LogP contribution in [0.5, 0.6) is 0 Å². The Kier molecular flexibility index (Phi) is 3.51. The van der Waals surface area contributed by atoms with Crippen LogP contribution in [0.2, 0.25) is 0 Å². The molecule has 0 amide bonds. The summed E-state index contributed by atoms with van der Waals surface area (Å²) in [5.74, 6) is 0. The molecule has 76 valence electrons. The van der Waals surface area contributed by atoms with Gasteiger partial charge in [-0.25, -0.2) is 0 Å². The van der Waals surface area contributed by atoms with Crippen LogP contribution in [-0.2, 0) is 0 Å². The molecule has 1 aliphatic heterocycles. The molecule has 1 saturated carbocycles. The van der Waals surface area contributed by atoms with Gasteiger partial charge in [0.05, 0.1) is 0 Å². The number of hydrogen-bond acceptors (Lipinski definition) is 1. The summed E-state index contributed by atoms with van der Waals surface area (Å²) in [7, 11) is 0. The number of alkyl halides is 1. The van der Waals surface area contributed by atoms with Gasteiger partial charge < -0.3 is 4.90 Å². The van der Waals surface area contributed by atoms with Gasteiger partial charge in [0, 0.05) is 11.4 Å². The Bertz CT molecular complexity index is 154. The number of nitrogens with zero attached hydrogens (tertiary/aromatic N) is 1. The molecular weight excluding hydrogens is 182 g/mol. The smallest absolute Gasteiger partial charge is 0.0348 e. The molecule has 0 radical (unpaired) electrons. The van der Waals surface area contributed by atoms with Gasteiger partial charge in [0.25, 0.3) is 0 Å². The first-order valence-corrected chi connectivity index (χ1v) is 6.18.